The Kier molecular flexibility index (Phi) is 16.8. The van der Waals surface area contributed by atoms with Gasteiger partial charge in [0.2, 0.25) is 24.8 Å². The lowest BCUT2D eigenvalue weighted by Crippen LogP contribution is -2.63. The van der Waals surface area contributed by atoms with Crippen molar-refractivity contribution in [3.63, 3.8) is 0 Å². The van der Waals surface area contributed by atoms with Gasteiger partial charge in [-0.2, -0.15) is 0 Å². The second-order valence-electron chi connectivity index (χ2n) is 12.1. The molecular weight excluding hydrogens is 888 g/mol. The molecule has 0 aromatic heterocycles. The Morgan fingerprint density at radius 3 is 0.982 bits per heavy atom. The average molecular weight is 928 g/mol. The van der Waals surface area contributed by atoms with E-state index in [0.717, 1.165) is 55.4 Å². The monoisotopic (exact) mass is 926 g/mol. The summed E-state index contributed by atoms with van der Waals surface area (Å²) in [5, 5.41) is 0. The van der Waals surface area contributed by atoms with Gasteiger partial charge >= 0.3 is 47.8 Å². The summed E-state index contributed by atoms with van der Waals surface area (Å²) in [5.41, 5.74) is 0. The summed E-state index contributed by atoms with van der Waals surface area (Å²) < 4.78 is 67.3. The lowest BCUT2D eigenvalue weighted by Gasteiger charge is -2.44. The molecule has 2 aliphatic heterocycles. The van der Waals surface area contributed by atoms with Gasteiger partial charge in [0, 0.05) is 55.4 Å². The number of hydrogen-bond donors (Lipinski definition) is 0. The van der Waals surface area contributed by atoms with Crippen molar-refractivity contribution >= 4 is 79.6 Å². The molecule has 2 aliphatic rings. The summed E-state index contributed by atoms with van der Waals surface area (Å²) >= 11 is 6.75. The maximum Gasteiger partial charge on any atom is 0.303 e. The van der Waals surface area contributed by atoms with E-state index in [4.69, 9.17) is 56.8 Å². The van der Waals surface area contributed by atoms with E-state index in [1.807, 2.05) is 0 Å². The van der Waals surface area contributed by atoms with Gasteiger partial charge in [0.1, 0.15) is 36.9 Å². The molecule has 0 saturated carbocycles. The number of hydrogen-bond acceptors (Lipinski definition) is 20. The third-order valence-corrected chi connectivity index (χ3v) is 8.61. The number of carbonyl (C=O) groups excluding carboxylic acids is 8. The SMILES string of the molecule is CC(=O)OC[C@H]1O[C@@H](Oc2cc(Br)c(O[C@@H]3O[C@H](COC(C)=O)[C@H](OC(C)=O)[C@H](OC(C)=O)[C@H]3OC(C)=O)cc2Br)[C@H](OC(C)=O)[C@@H](OC(C)=O)[C@H]1OC(C)=O. The van der Waals surface area contributed by atoms with Gasteiger partial charge in [0.15, 0.2) is 24.4 Å². The van der Waals surface area contributed by atoms with Crippen LogP contribution in [-0.4, -0.2) is 122 Å². The van der Waals surface area contributed by atoms with Gasteiger partial charge in [-0.1, -0.05) is 0 Å². The van der Waals surface area contributed by atoms with Crippen LogP contribution in [0.1, 0.15) is 55.4 Å². The highest BCUT2D eigenvalue weighted by Crippen LogP contribution is 2.41. The Balaban J connectivity index is 2.05. The van der Waals surface area contributed by atoms with E-state index < -0.39 is 122 Å². The minimum Gasteiger partial charge on any atom is -0.463 e. The van der Waals surface area contributed by atoms with Crippen LogP contribution in [0, 0.1) is 0 Å². The zero-order valence-corrected chi connectivity index (χ0v) is 34.4. The van der Waals surface area contributed by atoms with Crippen molar-refractivity contribution in [3.05, 3.63) is 21.1 Å². The normalized spacial score (nSPS) is 27.0. The van der Waals surface area contributed by atoms with Crippen molar-refractivity contribution in [2.75, 3.05) is 13.2 Å². The number of benzene rings is 1. The molecule has 10 atom stereocenters. The predicted octanol–water partition coefficient (Wildman–Crippen LogP) is 2.14. The molecular formula is C34H40Br2O20. The lowest BCUT2D eigenvalue weighted by atomic mass is 9.98. The second kappa shape index (κ2) is 20.6. The van der Waals surface area contributed by atoms with Crippen LogP contribution in [0.2, 0.25) is 0 Å². The zero-order valence-electron chi connectivity index (χ0n) is 31.3. The summed E-state index contributed by atoms with van der Waals surface area (Å²) in [6.07, 6.45) is -14.7. The van der Waals surface area contributed by atoms with Gasteiger partial charge in [-0.3, -0.25) is 38.4 Å². The Bertz CT molecular complexity index is 1550. The van der Waals surface area contributed by atoms with Gasteiger partial charge in [0.05, 0.1) is 8.95 Å². The van der Waals surface area contributed by atoms with Crippen molar-refractivity contribution in [1.82, 2.24) is 0 Å². The third-order valence-electron chi connectivity index (χ3n) is 7.37. The quantitative estimate of drug-likeness (QED) is 0.192. The molecule has 0 N–H and O–H groups in total. The first-order valence-corrected chi connectivity index (χ1v) is 18.2. The number of carbonyl (C=O) groups is 8. The molecule has 0 spiro atoms. The number of halogens is 2. The van der Waals surface area contributed by atoms with E-state index in [1.165, 1.54) is 12.1 Å². The van der Waals surface area contributed by atoms with Gasteiger partial charge < -0.3 is 56.8 Å². The number of rotatable bonds is 14. The molecule has 0 aliphatic carbocycles. The Morgan fingerprint density at radius 2 is 0.714 bits per heavy atom. The molecule has 2 heterocycles. The van der Waals surface area contributed by atoms with E-state index >= 15 is 0 Å². The fraction of sp³-hybridized carbons (Fsp3) is 0.588. The molecule has 2 saturated heterocycles. The molecule has 56 heavy (non-hydrogen) atoms. The molecule has 310 valence electrons. The molecule has 1 aromatic rings. The van der Waals surface area contributed by atoms with Gasteiger partial charge in [0.25, 0.3) is 0 Å². The highest BCUT2D eigenvalue weighted by molar-refractivity contribution is 9.11. The fourth-order valence-electron chi connectivity index (χ4n) is 5.51. The molecule has 2 fully saturated rings. The molecule has 22 heteroatoms. The van der Waals surface area contributed by atoms with Crippen LogP contribution in [0.5, 0.6) is 11.5 Å². The smallest absolute Gasteiger partial charge is 0.303 e. The first-order valence-electron chi connectivity index (χ1n) is 16.6. The summed E-state index contributed by atoms with van der Waals surface area (Å²) in [6.45, 7) is 7.70. The van der Waals surface area contributed by atoms with Gasteiger partial charge in [-0.15, -0.1) is 0 Å². The second-order valence-corrected chi connectivity index (χ2v) is 13.8. The predicted molar refractivity (Wildman–Crippen MR) is 187 cm³/mol. The van der Waals surface area contributed by atoms with Crippen molar-refractivity contribution in [2.45, 2.75) is 117 Å². The highest BCUT2D eigenvalue weighted by Gasteiger charge is 2.55. The van der Waals surface area contributed by atoms with E-state index in [-0.39, 0.29) is 20.4 Å². The zero-order chi connectivity index (χ0) is 42.0. The van der Waals surface area contributed by atoms with Crippen LogP contribution in [0.3, 0.4) is 0 Å². The molecule has 20 nitrogen and oxygen atoms in total. The molecule has 0 bridgehead atoms. The van der Waals surface area contributed by atoms with Crippen molar-refractivity contribution in [2.24, 2.45) is 0 Å². The van der Waals surface area contributed by atoms with Crippen LogP contribution in [0.4, 0.5) is 0 Å². The fourth-order valence-corrected chi connectivity index (χ4v) is 6.34. The number of ether oxygens (including phenoxy) is 12. The van der Waals surface area contributed by atoms with Crippen LogP contribution >= 0.6 is 31.9 Å². The average Bonchev–Trinajstić information content (AvgIpc) is 3.05. The van der Waals surface area contributed by atoms with Crippen molar-refractivity contribution < 1.29 is 95.2 Å². The first kappa shape index (κ1) is 45.8. The highest BCUT2D eigenvalue weighted by atomic mass is 79.9. The summed E-state index contributed by atoms with van der Waals surface area (Å²) in [6, 6.07) is 2.72. The Morgan fingerprint density at radius 1 is 0.446 bits per heavy atom. The molecule has 0 amide bonds. The minimum absolute atomic E-state index is 0.00771. The van der Waals surface area contributed by atoms with E-state index in [1.54, 1.807) is 0 Å². The lowest BCUT2D eigenvalue weighted by molar-refractivity contribution is -0.289. The van der Waals surface area contributed by atoms with Crippen molar-refractivity contribution in [1.29, 1.82) is 0 Å². The van der Waals surface area contributed by atoms with Crippen LogP contribution in [0.25, 0.3) is 0 Å². The van der Waals surface area contributed by atoms with E-state index in [9.17, 15) is 38.4 Å². The molecule has 0 radical (unpaired) electrons. The molecule has 1 aromatic carbocycles. The molecule has 0 unspecified atom stereocenters. The standard InChI is InChI=1S/C34H40Br2O20/c1-13(37)45-11-25-27(47-15(3)39)29(49-17(5)41)31(51-19(7)43)33(55-25)53-23-9-22(36)24(10-21(23)35)54-34-32(52-20(8)44)30(50-18(6)42)28(48-16(4)40)26(56-34)12-46-14(2)38/h9-10,25-34H,11-12H2,1-8H3/t25-,26-,27+,28+,29+,30+,31-,32-,33-,34-/m1/s1. The summed E-state index contributed by atoms with van der Waals surface area (Å²) in [7, 11) is 0. The third kappa shape index (κ3) is 13.3. The number of esters is 8. The molecule has 3 rings (SSSR count). The Labute approximate surface area is 336 Å². The van der Waals surface area contributed by atoms with Gasteiger partial charge in [-0.05, 0) is 44.0 Å². The summed E-state index contributed by atoms with van der Waals surface area (Å²) in [5.74, 6) is -6.45. The maximum absolute atomic E-state index is 12.3. The van der Waals surface area contributed by atoms with Gasteiger partial charge in [-0.25, -0.2) is 0 Å². The van der Waals surface area contributed by atoms with Crippen LogP contribution in [-0.2, 0) is 85.7 Å². The first-order chi connectivity index (χ1) is 26.2. The topological polar surface area (TPSA) is 247 Å². The van der Waals surface area contributed by atoms with Crippen LogP contribution in [0.15, 0.2) is 21.1 Å². The van der Waals surface area contributed by atoms with Crippen LogP contribution < -0.4 is 9.47 Å². The largest absolute Gasteiger partial charge is 0.463 e. The van der Waals surface area contributed by atoms with E-state index in [2.05, 4.69) is 31.9 Å². The van der Waals surface area contributed by atoms with Crippen molar-refractivity contribution in [3.8, 4) is 11.5 Å². The minimum atomic E-state index is -1.59. The Hall–Kier alpha value is -4.54. The van der Waals surface area contributed by atoms with E-state index in [0.29, 0.717) is 0 Å². The maximum atomic E-state index is 12.3. The summed E-state index contributed by atoms with van der Waals surface area (Å²) in [4.78, 5) is 96.5.